The monoisotopic (exact) mass is 313 g/mol. The lowest BCUT2D eigenvalue weighted by Gasteiger charge is -2.09. The Kier molecular flexibility index (Phi) is 3.40. The average Bonchev–Trinajstić information content (AvgIpc) is 3.34. The standard InChI is InChI=1S/C23H23N/c1-2-6-16(7-3-1)14-18-10-11-19-15-20-12-13-21(17-8-4-5-9-17)23(20)24-22(18)19/h1-3,6-7,14-15H,4-5,8-13H2/b18-14+. The molecule has 0 saturated heterocycles. The van der Waals surface area contributed by atoms with Crippen LogP contribution in [0.5, 0.6) is 0 Å². The SMILES string of the molecule is C(=C1/CCc2cc3c(nc21)C(=C1CCCC1)CC3)/c1ccccc1. The van der Waals surface area contributed by atoms with E-state index < -0.39 is 0 Å². The lowest BCUT2D eigenvalue weighted by Crippen LogP contribution is -1.96. The zero-order valence-electron chi connectivity index (χ0n) is 14.1. The van der Waals surface area contributed by atoms with Gasteiger partial charge >= 0.3 is 0 Å². The van der Waals surface area contributed by atoms with Crippen LogP contribution in [-0.2, 0) is 12.8 Å². The normalized spacial score (nSPS) is 20.8. The molecule has 24 heavy (non-hydrogen) atoms. The highest BCUT2D eigenvalue weighted by Crippen LogP contribution is 2.42. The Bertz CT molecular complexity index is 847. The molecule has 0 atom stereocenters. The van der Waals surface area contributed by atoms with Crippen LogP contribution in [-0.4, -0.2) is 4.98 Å². The van der Waals surface area contributed by atoms with Crippen LogP contribution in [0.4, 0.5) is 0 Å². The van der Waals surface area contributed by atoms with E-state index >= 15 is 0 Å². The third-order valence-corrected chi connectivity index (χ3v) is 5.85. The number of benzene rings is 1. The van der Waals surface area contributed by atoms with Gasteiger partial charge < -0.3 is 0 Å². The van der Waals surface area contributed by atoms with Crippen LogP contribution >= 0.6 is 0 Å². The Morgan fingerprint density at radius 3 is 2.33 bits per heavy atom. The first-order valence-corrected chi connectivity index (χ1v) is 9.38. The molecule has 1 heterocycles. The van der Waals surface area contributed by atoms with Gasteiger partial charge in [-0.3, -0.25) is 0 Å². The van der Waals surface area contributed by atoms with Crippen molar-refractivity contribution in [2.45, 2.75) is 51.4 Å². The number of hydrogen-bond acceptors (Lipinski definition) is 1. The maximum Gasteiger partial charge on any atom is 0.0701 e. The van der Waals surface area contributed by atoms with Crippen LogP contribution in [0, 0.1) is 0 Å². The largest absolute Gasteiger partial charge is 0.248 e. The number of rotatable bonds is 1. The van der Waals surface area contributed by atoms with Crippen molar-refractivity contribution < 1.29 is 0 Å². The predicted octanol–water partition coefficient (Wildman–Crippen LogP) is 5.84. The van der Waals surface area contributed by atoms with Gasteiger partial charge in [0.2, 0.25) is 0 Å². The molecule has 3 aliphatic rings. The van der Waals surface area contributed by atoms with Crippen molar-refractivity contribution in [1.29, 1.82) is 0 Å². The lowest BCUT2D eigenvalue weighted by atomic mass is 10.0. The minimum absolute atomic E-state index is 1.13. The summed E-state index contributed by atoms with van der Waals surface area (Å²) in [6.45, 7) is 0. The van der Waals surface area contributed by atoms with Crippen molar-refractivity contribution in [3.05, 3.63) is 70.0 Å². The molecule has 0 N–H and O–H groups in total. The summed E-state index contributed by atoms with van der Waals surface area (Å²) in [6, 6.07) is 13.1. The number of aryl methyl sites for hydroxylation is 2. The highest BCUT2D eigenvalue weighted by molar-refractivity contribution is 5.85. The second-order valence-electron chi connectivity index (χ2n) is 7.37. The summed E-state index contributed by atoms with van der Waals surface area (Å²) in [7, 11) is 0. The third-order valence-electron chi connectivity index (χ3n) is 5.85. The summed E-state index contributed by atoms with van der Waals surface area (Å²) in [6.07, 6.45) is 12.4. The zero-order valence-corrected chi connectivity index (χ0v) is 14.1. The van der Waals surface area contributed by atoms with Gasteiger partial charge in [-0.25, -0.2) is 4.98 Å². The molecule has 0 amide bonds. The average molecular weight is 313 g/mol. The molecule has 0 aliphatic heterocycles. The smallest absolute Gasteiger partial charge is 0.0701 e. The summed E-state index contributed by atoms with van der Waals surface area (Å²) >= 11 is 0. The van der Waals surface area contributed by atoms with E-state index in [9.17, 15) is 0 Å². The van der Waals surface area contributed by atoms with E-state index in [1.165, 1.54) is 72.2 Å². The van der Waals surface area contributed by atoms with Crippen LogP contribution in [0.2, 0.25) is 0 Å². The van der Waals surface area contributed by atoms with Gasteiger partial charge in [-0.05, 0) is 85.3 Å². The highest BCUT2D eigenvalue weighted by Gasteiger charge is 2.27. The molecular weight excluding hydrogens is 290 g/mol. The Morgan fingerprint density at radius 1 is 0.750 bits per heavy atom. The molecule has 1 nitrogen and oxygen atoms in total. The summed E-state index contributed by atoms with van der Waals surface area (Å²) < 4.78 is 0. The molecule has 5 rings (SSSR count). The molecule has 0 spiro atoms. The van der Waals surface area contributed by atoms with Gasteiger partial charge in [0.05, 0.1) is 11.4 Å². The fourth-order valence-electron chi connectivity index (χ4n) is 4.63. The maximum atomic E-state index is 5.21. The van der Waals surface area contributed by atoms with Crippen LogP contribution in [0.15, 0.2) is 42.0 Å². The zero-order chi connectivity index (χ0) is 15.9. The van der Waals surface area contributed by atoms with E-state index in [-0.39, 0.29) is 0 Å². The van der Waals surface area contributed by atoms with Gasteiger partial charge in [-0.2, -0.15) is 0 Å². The van der Waals surface area contributed by atoms with Crippen molar-refractivity contribution in [2.75, 3.05) is 0 Å². The number of nitrogens with zero attached hydrogens (tertiary/aromatic N) is 1. The predicted molar refractivity (Wildman–Crippen MR) is 101 cm³/mol. The molecule has 3 aliphatic carbocycles. The molecule has 0 bridgehead atoms. The first-order valence-electron chi connectivity index (χ1n) is 9.38. The first kappa shape index (κ1) is 14.2. The fraction of sp³-hybridized carbons (Fsp3) is 0.348. The fourth-order valence-corrected chi connectivity index (χ4v) is 4.63. The molecule has 1 fully saturated rings. The second kappa shape index (κ2) is 5.73. The number of hydrogen-bond donors (Lipinski definition) is 0. The summed E-state index contributed by atoms with van der Waals surface area (Å²) in [4.78, 5) is 5.21. The Balaban J connectivity index is 1.59. The topological polar surface area (TPSA) is 12.9 Å². The van der Waals surface area contributed by atoms with Crippen molar-refractivity contribution in [3.8, 4) is 0 Å². The summed E-state index contributed by atoms with van der Waals surface area (Å²) in [5.74, 6) is 0. The van der Waals surface area contributed by atoms with E-state index in [2.05, 4.69) is 42.5 Å². The molecule has 0 radical (unpaired) electrons. The van der Waals surface area contributed by atoms with Crippen LogP contribution < -0.4 is 0 Å². The lowest BCUT2D eigenvalue weighted by molar-refractivity contribution is 0.886. The quantitative estimate of drug-likeness (QED) is 0.644. The van der Waals surface area contributed by atoms with Gasteiger partial charge in [0, 0.05) is 0 Å². The highest BCUT2D eigenvalue weighted by atomic mass is 14.7. The summed E-state index contributed by atoms with van der Waals surface area (Å²) in [5.41, 5.74) is 11.6. The van der Waals surface area contributed by atoms with E-state index in [0.29, 0.717) is 0 Å². The van der Waals surface area contributed by atoms with Gasteiger partial charge in [0.1, 0.15) is 0 Å². The van der Waals surface area contributed by atoms with Crippen LogP contribution in [0.1, 0.15) is 66.6 Å². The maximum absolute atomic E-state index is 5.21. The van der Waals surface area contributed by atoms with Gasteiger partial charge in [-0.1, -0.05) is 42.0 Å². The number of allylic oxidation sites excluding steroid dienone is 3. The van der Waals surface area contributed by atoms with Gasteiger partial charge in [0.25, 0.3) is 0 Å². The number of fused-ring (bicyclic) bond motifs is 2. The molecule has 1 heteroatoms. The van der Waals surface area contributed by atoms with E-state index in [4.69, 9.17) is 4.98 Å². The third kappa shape index (κ3) is 2.34. The van der Waals surface area contributed by atoms with E-state index in [1.54, 1.807) is 11.1 Å². The Morgan fingerprint density at radius 2 is 1.50 bits per heavy atom. The minimum atomic E-state index is 1.13. The molecule has 1 aromatic carbocycles. The molecular formula is C23H23N. The summed E-state index contributed by atoms with van der Waals surface area (Å²) in [5, 5.41) is 0. The van der Waals surface area contributed by atoms with Crippen molar-refractivity contribution in [3.63, 3.8) is 0 Å². The molecule has 0 unspecified atom stereocenters. The Labute approximate surface area is 144 Å². The number of aromatic nitrogens is 1. The van der Waals surface area contributed by atoms with Crippen molar-refractivity contribution >= 4 is 17.2 Å². The molecule has 1 saturated carbocycles. The molecule has 2 aromatic rings. The Hall–Kier alpha value is -2.15. The van der Waals surface area contributed by atoms with Crippen LogP contribution in [0.25, 0.3) is 17.2 Å². The van der Waals surface area contributed by atoms with Crippen molar-refractivity contribution in [1.82, 2.24) is 4.98 Å². The van der Waals surface area contributed by atoms with Crippen LogP contribution in [0.3, 0.4) is 0 Å². The van der Waals surface area contributed by atoms with Gasteiger partial charge in [0.15, 0.2) is 0 Å². The second-order valence-corrected chi connectivity index (χ2v) is 7.37. The minimum Gasteiger partial charge on any atom is -0.248 e. The number of pyridine rings is 1. The molecule has 1 aromatic heterocycles. The van der Waals surface area contributed by atoms with Gasteiger partial charge in [-0.15, -0.1) is 0 Å². The first-order chi connectivity index (χ1) is 11.9. The van der Waals surface area contributed by atoms with Crippen molar-refractivity contribution in [2.24, 2.45) is 0 Å². The van der Waals surface area contributed by atoms with E-state index in [0.717, 1.165) is 12.8 Å². The van der Waals surface area contributed by atoms with E-state index in [1.807, 2.05) is 0 Å². The molecule has 120 valence electrons.